The first-order chi connectivity index (χ1) is 11.7. The van der Waals surface area contributed by atoms with E-state index < -0.39 is 0 Å². The van der Waals surface area contributed by atoms with Crippen molar-refractivity contribution in [1.82, 2.24) is 5.32 Å². The fraction of sp³-hybridized carbons (Fsp3) is 0.278. The van der Waals surface area contributed by atoms with Crippen LogP contribution in [0.15, 0.2) is 51.9 Å². The molecule has 3 rings (SSSR count). The first kappa shape index (κ1) is 16.6. The predicted octanol–water partition coefficient (Wildman–Crippen LogP) is 3.39. The van der Waals surface area contributed by atoms with Gasteiger partial charge in [0.2, 0.25) is 0 Å². The molecule has 0 saturated carbocycles. The van der Waals surface area contributed by atoms with Crippen LogP contribution in [0.1, 0.15) is 23.6 Å². The number of hydrogen-bond donors (Lipinski definition) is 2. The van der Waals surface area contributed by atoms with E-state index in [9.17, 15) is 0 Å². The molecule has 0 fully saturated rings. The Bertz CT molecular complexity index is 749. The van der Waals surface area contributed by atoms with E-state index in [4.69, 9.17) is 15.2 Å². The molecule has 1 heterocycles. The highest BCUT2D eigenvalue weighted by molar-refractivity contribution is 9.10. The summed E-state index contributed by atoms with van der Waals surface area (Å²) in [6.45, 7) is 1.12. The molecule has 1 aliphatic heterocycles. The lowest BCUT2D eigenvalue weighted by atomic mass is 10.0. The molecule has 5 nitrogen and oxygen atoms in total. The minimum Gasteiger partial charge on any atom is -0.496 e. The number of fused-ring (bicyclic) bond motifs is 1. The third-order valence-corrected chi connectivity index (χ3v) is 4.44. The number of nitrogens with zero attached hydrogens (tertiary/aromatic N) is 1. The summed E-state index contributed by atoms with van der Waals surface area (Å²) in [6.07, 6.45) is 0.855. The zero-order chi connectivity index (χ0) is 16.9. The third-order valence-electron chi connectivity index (χ3n) is 3.94. The van der Waals surface area contributed by atoms with Crippen molar-refractivity contribution in [3.8, 4) is 11.5 Å². The van der Waals surface area contributed by atoms with Crippen LogP contribution < -0.4 is 20.5 Å². The van der Waals surface area contributed by atoms with Crippen LogP contribution in [-0.4, -0.2) is 19.7 Å². The van der Waals surface area contributed by atoms with Crippen molar-refractivity contribution in [1.29, 1.82) is 0 Å². The van der Waals surface area contributed by atoms with Gasteiger partial charge < -0.3 is 20.5 Å². The van der Waals surface area contributed by atoms with Crippen molar-refractivity contribution >= 4 is 21.9 Å². The highest BCUT2D eigenvalue weighted by Crippen LogP contribution is 2.31. The monoisotopic (exact) mass is 389 g/mol. The number of nitrogens with two attached hydrogens (primary N) is 1. The van der Waals surface area contributed by atoms with Crippen molar-refractivity contribution in [2.75, 3.05) is 13.7 Å². The van der Waals surface area contributed by atoms with Gasteiger partial charge in [-0.3, -0.25) is 0 Å². The molecule has 1 aliphatic rings. The Kier molecular flexibility index (Phi) is 5.25. The minimum atomic E-state index is 0.114. The van der Waals surface area contributed by atoms with Gasteiger partial charge >= 0.3 is 0 Å². The number of halogens is 1. The first-order valence-corrected chi connectivity index (χ1v) is 8.57. The number of nitrogens with one attached hydrogen (secondary N) is 1. The van der Waals surface area contributed by atoms with Crippen LogP contribution in [-0.2, 0) is 6.54 Å². The molecule has 1 atom stereocenters. The van der Waals surface area contributed by atoms with Gasteiger partial charge in [0.1, 0.15) is 11.5 Å². The average molecular weight is 390 g/mol. The maximum atomic E-state index is 6.08. The highest BCUT2D eigenvalue weighted by atomic mass is 79.9. The average Bonchev–Trinajstić information content (AvgIpc) is 2.60. The van der Waals surface area contributed by atoms with Gasteiger partial charge in [0.15, 0.2) is 5.96 Å². The number of hydrogen-bond acceptors (Lipinski definition) is 3. The third kappa shape index (κ3) is 3.82. The minimum absolute atomic E-state index is 0.114. The molecule has 0 amide bonds. The Morgan fingerprint density at radius 3 is 3.04 bits per heavy atom. The second kappa shape index (κ2) is 7.57. The second-order valence-corrected chi connectivity index (χ2v) is 6.45. The van der Waals surface area contributed by atoms with Crippen LogP contribution >= 0.6 is 15.9 Å². The Hall–Kier alpha value is -2.21. The Morgan fingerprint density at radius 1 is 1.38 bits per heavy atom. The Labute approximate surface area is 150 Å². The SMILES string of the molecule is COc1ccc(Br)cc1CN=C(N)NC1CCOc2ccccc21. The topological polar surface area (TPSA) is 68.9 Å². The van der Waals surface area contributed by atoms with Gasteiger partial charge in [0.05, 0.1) is 26.3 Å². The van der Waals surface area contributed by atoms with Crippen LogP contribution in [0.5, 0.6) is 11.5 Å². The Balaban J connectivity index is 1.71. The van der Waals surface area contributed by atoms with E-state index in [2.05, 4.69) is 32.3 Å². The van der Waals surface area contributed by atoms with E-state index in [1.807, 2.05) is 36.4 Å². The van der Waals surface area contributed by atoms with Crippen molar-refractivity contribution in [2.24, 2.45) is 10.7 Å². The molecule has 3 N–H and O–H groups in total. The van der Waals surface area contributed by atoms with Crippen LogP contribution in [0, 0.1) is 0 Å². The summed E-state index contributed by atoms with van der Waals surface area (Å²) >= 11 is 3.47. The van der Waals surface area contributed by atoms with E-state index in [1.165, 1.54) is 0 Å². The molecule has 0 aliphatic carbocycles. The van der Waals surface area contributed by atoms with Crippen LogP contribution in [0.25, 0.3) is 0 Å². The number of aliphatic imine (C=N–C) groups is 1. The molecule has 2 aromatic carbocycles. The van der Waals surface area contributed by atoms with Crippen molar-refractivity contribution < 1.29 is 9.47 Å². The summed E-state index contributed by atoms with van der Waals surface area (Å²) < 4.78 is 12.0. The fourth-order valence-corrected chi connectivity index (χ4v) is 3.17. The number of guanidine groups is 1. The zero-order valence-corrected chi connectivity index (χ0v) is 15.0. The van der Waals surface area contributed by atoms with Gasteiger partial charge in [0, 0.05) is 22.0 Å². The lowest BCUT2D eigenvalue weighted by Gasteiger charge is -2.26. The van der Waals surface area contributed by atoms with Crippen molar-refractivity contribution in [3.63, 3.8) is 0 Å². The number of para-hydroxylation sites is 1. The summed E-state index contributed by atoms with van der Waals surface area (Å²) in [4.78, 5) is 4.45. The molecular weight excluding hydrogens is 370 g/mol. The van der Waals surface area contributed by atoms with E-state index >= 15 is 0 Å². The maximum absolute atomic E-state index is 6.08. The highest BCUT2D eigenvalue weighted by Gasteiger charge is 2.21. The summed E-state index contributed by atoms with van der Waals surface area (Å²) in [5, 5.41) is 3.29. The molecule has 126 valence electrons. The van der Waals surface area contributed by atoms with Crippen LogP contribution in [0.2, 0.25) is 0 Å². The Morgan fingerprint density at radius 2 is 2.21 bits per heavy atom. The second-order valence-electron chi connectivity index (χ2n) is 5.53. The summed E-state index contributed by atoms with van der Waals surface area (Å²) in [6, 6.07) is 13.9. The van der Waals surface area contributed by atoms with Crippen molar-refractivity contribution in [3.05, 3.63) is 58.1 Å². The van der Waals surface area contributed by atoms with Gasteiger partial charge in [-0.15, -0.1) is 0 Å². The van der Waals surface area contributed by atoms with E-state index in [-0.39, 0.29) is 6.04 Å². The summed E-state index contributed by atoms with van der Waals surface area (Å²) in [5.41, 5.74) is 8.17. The molecule has 0 spiro atoms. The smallest absolute Gasteiger partial charge is 0.189 e. The molecular formula is C18H20BrN3O2. The zero-order valence-electron chi connectivity index (χ0n) is 13.5. The van der Waals surface area contributed by atoms with Gasteiger partial charge in [-0.25, -0.2) is 4.99 Å². The molecule has 0 saturated heterocycles. The van der Waals surface area contributed by atoms with Gasteiger partial charge in [-0.2, -0.15) is 0 Å². The van der Waals surface area contributed by atoms with Gasteiger partial charge in [0.25, 0.3) is 0 Å². The molecule has 0 aromatic heterocycles. The number of methoxy groups -OCH3 is 1. The molecule has 1 unspecified atom stereocenters. The van der Waals surface area contributed by atoms with Crippen molar-refractivity contribution in [2.45, 2.75) is 19.0 Å². The van der Waals surface area contributed by atoms with E-state index in [0.29, 0.717) is 19.1 Å². The molecule has 6 heteroatoms. The molecule has 0 radical (unpaired) electrons. The normalized spacial score (nSPS) is 16.9. The van der Waals surface area contributed by atoms with E-state index in [0.717, 1.165) is 33.5 Å². The van der Waals surface area contributed by atoms with Gasteiger partial charge in [-0.1, -0.05) is 34.1 Å². The molecule has 2 aromatic rings. The number of benzene rings is 2. The quantitative estimate of drug-likeness (QED) is 0.621. The maximum Gasteiger partial charge on any atom is 0.189 e. The predicted molar refractivity (Wildman–Crippen MR) is 98.5 cm³/mol. The standard InChI is InChI=1S/C18H20BrN3O2/c1-23-16-7-6-13(19)10-12(16)11-21-18(20)22-15-8-9-24-17-5-3-2-4-14(15)17/h2-7,10,15H,8-9,11H2,1H3,(H3,20,21,22). The fourth-order valence-electron chi connectivity index (χ4n) is 2.76. The summed E-state index contributed by atoms with van der Waals surface area (Å²) in [5.74, 6) is 2.12. The van der Waals surface area contributed by atoms with E-state index in [1.54, 1.807) is 7.11 Å². The lowest BCUT2D eigenvalue weighted by molar-refractivity contribution is 0.262. The van der Waals surface area contributed by atoms with Gasteiger partial charge in [-0.05, 0) is 24.3 Å². The molecule has 0 bridgehead atoms. The molecule has 24 heavy (non-hydrogen) atoms. The number of ether oxygens (including phenoxy) is 2. The lowest BCUT2D eigenvalue weighted by Crippen LogP contribution is -2.37. The summed E-state index contributed by atoms with van der Waals surface area (Å²) in [7, 11) is 1.65. The largest absolute Gasteiger partial charge is 0.496 e. The number of rotatable bonds is 4. The first-order valence-electron chi connectivity index (χ1n) is 7.78. The van der Waals surface area contributed by atoms with Crippen LogP contribution in [0.4, 0.5) is 0 Å². The van der Waals surface area contributed by atoms with Crippen LogP contribution in [0.3, 0.4) is 0 Å².